The number of rotatable bonds is 3. The van der Waals surface area contributed by atoms with Crippen molar-refractivity contribution in [1.82, 2.24) is 20.2 Å². The number of fused-ring (bicyclic) bond motifs is 1. The van der Waals surface area contributed by atoms with Crippen LogP contribution in [0.5, 0.6) is 5.75 Å². The lowest BCUT2D eigenvalue weighted by molar-refractivity contribution is 0.412. The fourth-order valence-corrected chi connectivity index (χ4v) is 3.04. The summed E-state index contributed by atoms with van der Waals surface area (Å²) in [5, 5.41) is 15.5. The highest BCUT2D eigenvalue weighted by Crippen LogP contribution is 2.37. The summed E-state index contributed by atoms with van der Waals surface area (Å²) >= 11 is 0. The summed E-state index contributed by atoms with van der Waals surface area (Å²) in [4.78, 5) is 0. The third kappa shape index (κ3) is 2.52. The minimum absolute atomic E-state index is 0.120. The van der Waals surface area contributed by atoms with E-state index in [9.17, 15) is 0 Å². The molecule has 2 heterocycles. The summed E-state index contributed by atoms with van der Waals surface area (Å²) in [6.07, 6.45) is 0.883. The molecule has 1 aliphatic rings. The van der Waals surface area contributed by atoms with Gasteiger partial charge >= 0.3 is 0 Å². The van der Waals surface area contributed by atoms with Crippen molar-refractivity contribution in [2.24, 2.45) is 0 Å². The van der Waals surface area contributed by atoms with Crippen LogP contribution < -0.4 is 10.1 Å². The number of methoxy groups -OCH3 is 1. The monoisotopic (exact) mass is 307 g/mol. The Hall–Kier alpha value is -2.89. The van der Waals surface area contributed by atoms with Crippen LogP contribution in [0.2, 0.25) is 0 Å². The number of nitrogens with one attached hydrogen (secondary N) is 1. The summed E-state index contributed by atoms with van der Waals surface area (Å²) in [7, 11) is 1.67. The van der Waals surface area contributed by atoms with Crippen LogP contribution in [0.15, 0.2) is 54.6 Å². The van der Waals surface area contributed by atoms with E-state index in [1.165, 1.54) is 11.1 Å². The van der Waals surface area contributed by atoms with Crippen LogP contribution in [-0.4, -0.2) is 27.3 Å². The van der Waals surface area contributed by atoms with Gasteiger partial charge in [0.05, 0.1) is 19.2 Å². The lowest BCUT2D eigenvalue weighted by atomic mass is 9.93. The number of benzene rings is 2. The Morgan fingerprint density at radius 3 is 2.57 bits per heavy atom. The number of anilines is 1. The van der Waals surface area contributed by atoms with Crippen LogP contribution in [0, 0.1) is 0 Å². The molecule has 116 valence electrons. The van der Waals surface area contributed by atoms with E-state index >= 15 is 0 Å². The quantitative estimate of drug-likeness (QED) is 0.806. The van der Waals surface area contributed by atoms with Crippen molar-refractivity contribution >= 4 is 5.95 Å². The molecule has 0 fully saturated rings. The molecule has 2 aromatic carbocycles. The maximum Gasteiger partial charge on any atom is 0.243 e. The van der Waals surface area contributed by atoms with Crippen molar-refractivity contribution in [2.75, 3.05) is 12.4 Å². The molecule has 2 atom stereocenters. The lowest BCUT2D eigenvalue weighted by Crippen LogP contribution is -2.28. The van der Waals surface area contributed by atoms with Crippen molar-refractivity contribution in [3.8, 4) is 5.75 Å². The molecule has 0 unspecified atom stereocenters. The van der Waals surface area contributed by atoms with Crippen molar-refractivity contribution in [3.63, 3.8) is 0 Å². The summed E-state index contributed by atoms with van der Waals surface area (Å²) < 4.78 is 7.09. The molecule has 1 aliphatic heterocycles. The van der Waals surface area contributed by atoms with Crippen molar-refractivity contribution in [1.29, 1.82) is 0 Å². The number of aromatic nitrogens is 4. The standard InChI is InChI=1S/C17H17N5O/c1-23-14-9-7-12(8-10-14)15-11-16(13-5-3-2-4-6-13)22-17(18-15)19-20-21-22/h2-10,15-16H,11H2,1H3,(H,18,19,21)/t15-,16-/m1/s1. The van der Waals surface area contributed by atoms with Gasteiger partial charge in [-0.2, -0.15) is 0 Å². The number of ether oxygens (including phenoxy) is 1. The summed E-state index contributed by atoms with van der Waals surface area (Å²) in [6.45, 7) is 0. The summed E-state index contributed by atoms with van der Waals surface area (Å²) in [5.41, 5.74) is 2.40. The fourth-order valence-electron chi connectivity index (χ4n) is 3.04. The van der Waals surface area contributed by atoms with Gasteiger partial charge in [-0.1, -0.05) is 47.6 Å². The minimum Gasteiger partial charge on any atom is -0.497 e. The highest BCUT2D eigenvalue weighted by molar-refractivity contribution is 5.39. The Morgan fingerprint density at radius 1 is 1.04 bits per heavy atom. The second-order valence-electron chi connectivity index (χ2n) is 5.58. The van der Waals surface area contributed by atoms with E-state index in [2.05, 4.69) is 45.1 Å². The Kier molecular flexibility index (Phi) is 3.42. The molecule has 23 heavy (non-hydrogen) atoms. The Bertz CT molecular complexity index is 784. The highest BCUT2D eigenvalue weighted by atomic mass is 16.5. The largest absolute Gasteiger partial charge is 0.497 e. The van der Waals surface area contributed by atoms with Gasteiger partial charge in [-0.05, 0) is 40.1 Å². The zero-order chi connectivity index (χ0) is 15.6. The van der Waals surface area contributed by atoms with Gasteiger partial charge in [0.2, 0.25) is 5.95 Å². The Labute approximate surface area is 134 Å². The van der Waals surface area contributed by atoms with Crippen LogP contribution in [-0.2, 0) is 0 Å². The minimum atomic E-state index is 0.120. The molecule has 0 saturated carbocycles. The maximum absolute atomic E-state index is 5.23. The van der Waals surface area contributed by atoms with E-state index in [-0.39, 0.29) is 12.1 Å². The van der Waals surface area contributed by atoms with E-state index in [0.717, 1.165) is 12.2 Å². The van der Waals surface area contributed by atoms with Gasteiger partial charge < -0.3 is 10.1 Å². The number of hydrogen-bond acceptors (Lipinski definition) is 5. The predicted molar refractivity (Wildman–Crippen MR) is 86.4 cm³/mol. The molecule has 0 bridgehead atoms. The van der Waals surface area contributed by atoms with Crippen molar-refractivity contribution < 1.29 is 4.74 Å². The Morgan fingerprint density at radius 2 is 1.83 bits per heavy atom. The molecular formula is C17H17N5O. The zero-order valence-corrected chi connectivity index (χ0v) is 12.8. The number of hydrogen-bond donors (Lipinski definition) is 1. The van der Waals surface area contributed by atoms with Gasteiger partial charge in [0.15, 0.2) is 0 Å². The second kappa shape index (κ2) is 5.72. The number of tetrazole rings is 1. The van der Waals surface area contributed by atoms with E-state index in [4.69, 9.17) is 4.74 Å². The van der Waals surface area contributed by atoms with Crippen LogP contribution in [0.1, 0.15) is 29.6 Å². The average Bonchev–Trinajstić information content (AvgIpc) is 3.10. The fraction of sp³-hybridized carbons (Fsp3) is 0.235. The molecule has 1 N–H and O–H groups in total. The number of nitrogens with zero attached hydrogens (tertiary/aromatic N) is 4. The topological polar surface area (TPSA) is 64.9 Å². The van der Waals surface area contributed by atoms with E-state index < -0.39 is 0 Å². The molecule has 6 nitrogen and oxygen atoms in total. The first kappa shape index (κ1) is 13.8. The van der Waals surface area contributed by atoms with E-state index in [1.807, 2.05) is 35.0 Å². The van der Waals surface area contributed by atoms with Crippen LogP contribution in [0.25, 0.3) is 0 Å². The van der Waals surface area contributed by atoms with Crippen molar-refractivity contribution in [2.45, 2.75) is 18.5 Å². The van der Waals surface area contributed by atoms with Gasteiger partial charge in [0, 0.05) is 0 Å². The smallest absolute Gasteiger partial charge is 0.243 e. The summed E-state index contributed by atoms with van der Waals surface area (Å²) in [6, 6.07) is 18.7. The van der Waals surface area contributed by atoms with Crippen LogP contribution >= 0.6 is 0 Å². The Balaban J connectivity index is 1.69. The molecule has 0 spiro atoms. The van der Waals surface area contributed by atoms with Gasteiger partial charge in [-0.3, -0.25) is 0 Å². The van der Waals surface area contributed by atoms with Gasteiger partial charge in [-0.15, -0.1) is 0 Å². The van der Waals surface area contributed by atoms with Crippen LogP contribution in [0.3, 0.4) is 0 Å². The molecule has 0 radical (unpaired) electrons. The van der Waals surface area contributed by atoms with E-state index in [1.54, 1.807) is 7.11 Å². The third-order valence-corrected chi connectivity index (χ3v) is 4.25. The molecule has 0 amide bonds. The van der Waals surface area contributed by atoms with E-state index in [0.29, 0.717) is 5.95 Å². The molecule has 1 aromatic heterocycles. The summed E-state index contributed by atoms with van der Waals surface area (Å²) in [5.74, 6) is 1.56. The predicted octanol–water partition coefficient (Wildman–Crippen LogP) is 2.83. The molecule has 6 heteroatoms. The zero-order valence-electron chi connectivity index (χ0n) is 12.8. The highest BCUT2D eigenvalue weighted by Gasteiger charge is 2.30. The lowest BCUT2D eigenvalue weighted by Gasteiger charge is -2.31. The first-order valence-corrected chi connectivity index (χ1v) is 7.58. The second-order valence-corrected chi connectivity index (χ2v) is 5.58. The molecule has 3 aromatic rings. The van der Waals surface area contributed by atoms with Gasteiger partial charge in [0.1, 0.15) is 5.75 Å². The molecule has 0 saturated heterocycles. The SMILES string of the molecule is COc1ccc([C@H]2C[C@H](c3ccccc3)n3nnnc3N2)cc1. The maximum atomic E-state index is 5.23. The molecule has 4 rings (SSSR count). The first-order chi connectivity index (χ1) is 11.3. The van der Waals surface area contributed by atoms with Gasteiger partial charge in [-0.25, -0.2) is 4.68 Å². The first-order valence-electron chi connectivity index (χ1n) is 7.58. The molecule has 0 aliphatic carbocycles. The normalized spacial score (nSPS) is 19.7. The third-order valence-electron chi connectivity index (χ3n) is 4.25. The van der Waals surface area contributed by atoms with Crippen molar-refractivity contribution in [3.05, 3.63) is 65.7 Å². The van der Waals surface area contributed by atoms with Gasteiger partial charge in [0.25, 0.3) is 0 Å². The molecular weight excluding hydrogens is 290 g/mol. The average molecular weight is 307 g/mol. The van der Waals surface area contributed by atoms with Crippen LogP contribution in [0.4, 0.5) is 5.95 Å².